The number of benzene rings is 3. The first kappa shape index (κ1) is 14.9. The SMILES string of the molecule is O=C(O)C1CN(Cc2ccc(-c3cccc4ccccc34)cc2)C1. The van der Waals surface area contributed by atoms with Crippen LogP contribution in [0.5, 0.6) is 0 Å². The molecule has 4 rings (SSSR count). The van der Waals surface area contributed by atoms with Gasteiger partial charge in [-0.15, -0.1) is 0 Å². The standard InChI is InChI=1S/C21H19NO2/c23-21(24)18-13-22(14-18)12-15-8-10-17(11-9-15)20-7-3-5-16-4-1-2-6-19(16)20/h1-11,18H,12-14H2,(H,23,24). The van der Waals surface area contributed by atoms with Crippen LogP contribution in [0.4, 0.5) is 0 Å². The molecule has 0 saturated carbocycles. The van der Waals surface area contributed by atoms with Gasteiger partial charge in [-0.25, -0.2) is 0 Å². The Balaban J connectivity index is 1.53. The minimum absolute atomic E-state index is 0.194. The van der Waals surface area contributed by atoms with Crippen molar-refractivity contribution in [2.75, 3.05) is 13.1 Å². The summed E-state index contributed by atoms with van der Waals surface area (Å²) in [5.74, 6) is -0.877. The van der Waals surface area contributed by atoms with Gasteiger partial charge in [-0.05, 0) is 27.5 Å². The highest BCUT2D eigenvalue weighted by molar-refractivity contribution is 5.96. The quantitative estimate of drug-likeness (QED) is 0.790. The number of carboxylic acid groups (broad SMARTS) is 1. The molecule has 3 nitrogen and oxygen atoms in total. The van der Waals surface area contributed by atoms with Crippen LogP contribution in [0.3, 0.4) is 0 Å². The molecule has 120 valence electrons. The number of likely N-dealkylation sites (tertiary alicyclic amines) is 1. The summed E-state index contributed by atoms with van der Waals surface area (Å²) >= 11 is 0. The zero-order valence-corrected chi connectivity index (χ0v) is 13.4. The molecule has 0 atom stereocenters. The summed E-state index contributed by atoms with van der Waals surface area (Å²) < 4.78 is 0. The second kappa shape index (κ2) is 6.10. The van der Waals surface area contributed by atoms with Crippen LogP contribution in [0.25, 0.3) is 21.9 Å². The average molecular weight is 317 g/mol. The Labute approximate surface area is 141 Å². The molecule has 0 aliphatic carbocycles. The molecule has 24 heavy (non-hydrogen) atoms. The Kier molecular flexibility index (Phi) is 3.79. The number of carbonyl (C=O) groups is 1. The largest absolute Gasteiger partial charge is 0.481 e. The molecule has 1 aliphatic rings. The highest BCUT2D eigenvalue weighted by Gasteiger charge is 2.32. The Morgan fingerprint density at radius 3 is 2.42 bits per heavy atom. The summed E-state index contributed by atoms with van der Waals surface area (Å²) in [4.78, 5) is 13.0. The first-order valence-corrected chi connectivity index (χ1v) is 8.23. The number of aliphatic carboxylic acids is 1. The van der Waals surface area contributed by atoms with Gasteiger partial charge in [0.15, 0.2) is 0 Å². The van der Waals surface area contributed by atoms with E-state index in [-0.39, 0.29) is 5.92 Å². The molecule has 1 N–H and O–H groups in total. The second-order valence-corrected chi connectivity index (χ2v) is 6.45. The van der Waals surface area contributed by atoms with Crippen LogP contribution >= 0.6 is 0 Å². The van der Waals surface area contributed by atoms with E-state index in [1.54, 1.807) is 0 Å². The van der Waals surface area contributed by atoms with Gasteiger partial charge in [-0.2, -0.15) is 0 Å². The van der Waals surface area contributed by atoms with Crippen molar-refractivity contribution in [3.63, 3.8) is 0 Å². The van der Waals surface area contributed by atoms with Gasteiger partial charge >= 0.3 is 5.97 Å². The third kappa shape index (κ3) is 2.79. The lowest BCUT2D eigenvalue weighted by Gasteiger charge is -2.36. The van der Waals surface area contributed by atoms with Crippen LogP contribution in [0.1, 0.15) is 5.56 Å². The lowest BCUT2D eigenvalue weighted by Crippen LogP contribution is -2.49. The molecule has 0 radical (unpaired) electrons. The predicted octanol–water partition coefficient (Wildman–Crippen LogP) is 4.02. The normalized spacial score (nSPS) is 15.3. The van der Waals surface area contributed by atoms with Crippen molar-refractivity contribution in [2.45, 2.75) is 6.54 Å². The Morgan fingerprint density at radius 1 is 0.958 bits per heavy atom. The van der Waals surface area contributed by atoms with Crippen LogP contribution in [0, 0.1) is 5.92 Å². The average Bonchev–Trinajstić information content (AvgIpc) is 2.57. The number of carboxylic acids is 1. The van der Waals surface area contributed by atoms with E-state index in [1.165, 1.54) is 27.5 Å². The van der Waals surface area contributed by atoms with Gasteiger partial charge in [0.1, 0.15) is 0 Å². The summed E-state index contributed by atoms with van der Waals surface area (Å²) in [6.07, 6.45) is 0. The van der Waals surface area contributed by atoms with E-state index in [4.69, 9.17) is 5.11 Å². The van der Waals surface area contributed by atoms with Crippen molar-refractivity contribution in [3.8, 4) is 11.1 Å². The highest BCUT2D eigenvalue weighted by atomic mass is 16.4. The molecule has 1 aliphatic heterocycles. The van der Waals surface area contributed by atoms with Crippen molar-refractivity contribution in [1.29, 1.82) is 0 Å². The molecule has 0 spiro atoms. The molecule has 1 saturated heterocycles. The van der Waals surface area contributed by atoms with Crippen LogP contribution in [-0.4, -0.2) is 29.1 Å². The van der Waals surface area contributed by atoms with E-state index >= 15 is 0 Å². The fraction of sp³-hybridized carbons (Fsp3) is 0.190. The topological polar surface area (TPSA) is 40.5 Å². The summed E-state index contributed by atoms with van der Waals surface area (Å²) in [6.45, 7) is 2.13. The fourth-order valence-electron chi connectivity index (χ4n) is 3.38. The van der Waals surface area contributed by atoms with Crippen molar-refractivity contribution in [3.05, 3.63) is 72.3 Å². The maximum atomic E-state index is 10.9. The molecule has 0 amide bonds. The van der Waals surface area contributed by atoms with Gasteiger partial charge in [0.25, 0.3) is 0 Å². The molecule has 3 heteroatoms. The molecule has 1 heterocycles. The summed E-state index contributed by atoms with van der Waals surface area (Å²) in [5.41, 5.74) is 3.68. The summed E-state index contributed by atoms with van der Waals surface area (Å²) in [6, 6.07) is 23.4. The van der Waals surface area contributed by atoms with E-state index in [0.29, 0.717) is 13.1 Å². The second-order valence-electron chi connectivity index (χ2n) is 6.45. The minimum Gasteiger partial charge on any atom is -0.481 e. The monoisotopic (exact) mass is 317 g/mol. The van der Waals surface area contributed by atoms with E-state index in [1.807, 2.05) is 0 Å². The van der Waals surface area contributed by atoms with Crippen LogP contribution in [-0.2, 0) is 11.3 Å². The number of hydrogen-bond donors (Lipinski definition) is 1. The van der Waals surface area contributed by atoms with Gasteiger partial charge in [0, 0.05) is 19.6 Å². The van der Waals surface area contributed by atoms with E-state index < -0.39 is 5.97 Å². The van der Waals surface area contributed by atoms with Gasteiger partial charge in [-0.1, -0.05) is 66.7 Å². The predicted molar refractivity (Wildman–Crippen MR) is 95.8 cm³/mol. The van der Waals surface area contributed by atoms with Crippen molar-refractivity contribution in [2.24, 2.45) is 5.92 Å². The highest BCUT2D eigenvalue weighted by Crippen LogP contribution is 2.29. The summed E-state index contributed by atoms with van der Waals surface area (Å²) in [5, 5.41) is 11.5. The molecule has 3 aromatic carbocycles. The Bertz CT molecular complexity index is 874. The number of fused-ring (bicyclic) bond motifs is 1. The van der Waals surface area contributed by atoms with Crippen molar-refractivity contribution in [1.82, 2.24) is 4.90 Å². The minimum atomic E-state index is -0.683. The smallest absolute Gasteiger partial charge is 0.309 e. The van der Waals surface area contributed by atoms with Crippen molar-refractivity contribution >= 4 is 16.7 Å². The van der Waals surface area contributed by atoms with E-state index in [0.717, 1.165) is 6.54 Å². The number of hydrogen-bond acceptors (Lipinski definition) is 2. The fourth-order valence-corrected chi connectivity index (χ4v) is 3.38. The maximum Gasteiger partial charge on any atom is 0.309 e. The van der Waals surface area contributed by atoms with Gasteiger partial charge in [0.2, 0.25) is 0 Å². The third-order valence-corrected chi connectivity index (χ3v) is 4.77. The molecule has 1 fully saturated rings. The lowest BCUT2D eigenvalue weighted by molar-refractivity contribution is -0.147. The van der Waals surface area contributed by atoms with E-state index in [2.05, 4.69) is 71.6 Å². The molecule has 0 unspecified atom stereocenters. The Morgan fingerprint density at radius 2 is 1.67 bits per heavy atom. The molecular formula is C21H19NO2. The van der Waals surface area contributed by atoms with Crippen molar-refractivity contribution < 1.29 is 9.90 Å². The summed E-state index contributed by atoms with van der Waals surface area (Å²) in [7, 11) is 0. The first-order valence-electron chi connectivity index (χ1n) is 8.23. The zero-order chi connectivity index (χ0) is 16.5. The molecule has 0 aromatic heterocycles. The Hall–Kier alpha value is -2.65. The number of nitrogens with zero attached hydrogens (tertiary/aromatic N) is 1. The van der Waals surface area contributed by atoms with Gasteiger partial charge in [-0.3, -0.25) is 9.69 Å². The van der Waals surface area contributed by atoms with E-state index in [9.17, 15) is 4.79 Å². The molecule has 3 aromatic rings. The third-order valence-electron chi connectivity index (χ3n) is 4.77. The number of rotatable bonds is 4. The first-order chi connectivity index (χ1) is 11.7. The maximum absolute atomic E-state index is 10.9. The van der Waals surface area contributed by atoms with Crippen LogP contribution in [0.15, 0.2) is 66.7 Å². The molecule has 0 bridgehead atoms. The van der Waals surface area contributed by atoms with Crippen LogP contribution in [0.2, 0.25) is 0 Å². The van der Waals surface area contributed by atoms with Gasteiger partial charge in [0.05, 0.1) is 5.92 Å². The molecular weight excluding hydrogens is 298 g/mol. The zero-order valence-electron chi connectivity index (χ0n) is 13.4. The van der Waals surface area contributed by atoms with Gasteiger partial charge < -0.3 is 5.11 Å². The van der Waals surface area contributed by atoms with Crippen LogP contribution < -0.4 is 0 Å². The lowest BCUT2D eigenvalue weighted by atomic mass is 9.96.